The van der Waals surface area contributed by atoms with Crippen LogP contribution < -0.4 is 10.1 Å². The van der Waals surface area contributed by atoms with E-state index in [1.54, 1.807) is 17.9 Å². The summed E-state index contributed by atoms with van der Waals surface area (Å²) in [4.78, 5) is 27.3. The Morgan fingerprint density at radius 3 is 2.83 bits per heavy atom. The van der Waals surface area contributed by atoms with E-state index in [4.69, 9.17) is 9.15 Å². The molecule has 2 fully saturated rings. The van der Waals surface area contributed by atoms with Gasteiger partial charge < -0.3 is 24.5 Å². The van der Waals surface area contributed by atoms with Crippen LogP contribution in [0.15, 0.2) is 34.7 Å². The molecule has 2 aliphatic rings. The Bertz CT molecular complexity index is 936. The van der Waals surface area contributed by atoms with Gasteiger partial charge in [-0.3, -0.25) is 9.59 Å². The van der Waals surface area contributed by atoms with Gasteiger partial charge in [0.15, 0.2) is 5.76 Å². The van der Waals surface area contributed by atoms with E-state index < -0.39 is 11.5 Å². The first-order valence-electron chi connectivity index (χ1n) is 10.4. The second kappa shape index (κ2) is 8.14. The number of aliphatic hydroxyl groups is 1. The van der Waals surface area contributed by atoms with Crippen LogP contribution in [-0.2, 0) is 11.4 Å². The molecule has 2 amide bonds. The number of hydrogen-bond donors (Lipinski definition) is 2. The molecule has 160 valence electrons. The Balaban J connectivity index is 1.46. The van der Waals surface area contributed by atoms with E-state index in [9.17, 15) is 14.7 Å². The number of piperidine rings is 2. The molecular formula is C23H28N2O5. The largest absolute Gasteiger partial charge is 0.489 e. The first-order chi connectivity index (χ1) is 14.4. The predicted octanol–water partition coefficient (Wildman–Crippen LogP) is 2.58. The minimum atomic E-state index is -0.925. The number of carbonyl (C=O) groups excluding carboxylic acids is 2. The summed E-state index contributed by atoms with van der Waals surface area (Å²) in [7, 11) is 0. The zero-order valence-corrected chi connectivity index (χ0v) is 17.4. The predicted molar refractivity (Wildman–Crippen MR) is 110 cm³/mol. The van der Waals surface area contributed by atoms with Gasteiger partial charge in [-0.1, -0.05) is 17.7 Å². The number of nitrogens with one attached hydrogen (secondary N) is 1. The van der Waals surface area contributed by atoms with Crippen LogP contribution in [0.1, 0.15) is 46.7 Å². The summed E-state index contributed by atoms with van der Waals surface area (Å²) in [6.07, 6.45) is 1.02. The van der Waals surface area contributed by atoms with Gasteiger partial charge in [-0.15, -0.1) is 0 Å². The zero-order chi connectivity index (χ0) is 21.3. The maximum atomic E-state index is 13.1. The molecule has 1 aromatic carbocycles. The van der Waals surface area contributed by atoms with Gasteiger partial charge in [-0.2, -0.15) is 0 Å². The Hall–Kier alpha value is -2.80. The van der Waals surface area contributed by atoms with Crippen molar-refractivity contribution >= 4 is 11.8 Å². The second-order valence-electron chi connectivity index (χ2n) is 8.34. The molecule has 4 rings (SSSR count). The Labute approximate surface area is 176 Å². The number of ether oxygens (including phenoxy) is 1. The molecule has 2 atom stereocenters. The van der Waals surface area contributed by atoms with Crippen molar-refractivity contribution in [3.63, 3.8) is 0 Å². The molecule has 3 heterocycles. The lowest BCUT2D eigenvalue weighted by Gasteiger charge is -2.46. The molecular weight excluding hydrogens is 384 g/mol. The molecule has 1 aromatic heterocycles. The number of rotatable bonds is 4. The molecule has 30 heavy (non-hydrogen) atoms. The number of likely N-dealkylation sites (tertiary alicyclic amines) is 1. The lowest BCUT2D eigenvalue weighted by Crippen LogP contribution is -2.62. The highest BCUT2D eigenvalue weighted by atomic mass is 16.5. The molecule has 2 aliphatic heterocycles. The van der Waals surface area contributed by atoms with Gasteiger partial charge in [0.25, 0.3) is 5.91 Å². The van der Waals surface area contributed by atoms with Crippen molar-refractivity contribution in [2.75, 3.05) is 19.6 Å². The third-order valence-electron chi connectivity index (χ3n) is 6.25. The maximum Gasteiger partial charge on any atom is 0.289 e. The highest BCUT2D eigenvalue weighted by Gasteiger charge is 2.50. The quantitative estimate of drug-likeness (QED) is 0.805. The van der Waals surface area contributed by atoms with Crippen molar-refractivity contribution in [3.05, 3.63) is 53.0 Å². The molecule has 1 spiro atoms. The Morgan fingerprint density at radius 1 is 1.33 bits per heavy atom. The summed E-state index contributed by atoms with van der Waals surface area (Å²) in [5.41, 5.74) is 1.04. The van der Waals surface area contributed by atoms with Crippen LogP contribution in [0.3, 0.4) is 0 Å². The summed E-state index contributed by atoms with van der Waals surface area (Å²) in [5, 5.41) is 13.4. The van der Waals surface area contributed by atoms with Crippen LogP contribution in [-0.4, -0.2) is 47.6 Å². The molecule has 0 aliphatic carbocycles. The fourth-order valence-electron chi connectivity index (χ4n) is 4.34. The molecule has 0 saturated carbocycles. The van der Waals surface area contributed by atoms with Gasteiger partial charge in [0, 0.05) is 25.2 Å². The van der Waals surface area contributed by atoms with E-state index in [1.807, 2.05) is 31.2 Å². The van der Waals surface area contributed by atoms with E-state index in [0.29, 0.717) is 38.3 Å². The van der Waals surface area contributed by atoms with Gasteiger partial charge in [-0.25, -0.2) is 0 Å². The van der Waals surface area contributed by atoms with Crippen molar-refractivity contribution in [3.8, 4) is 5.75 Å². The number of aryl methyl sites for hydroxylation is 2. The lowest BCUT2D eigenvalue weighted by atomic mass is 9.71. The number of benzene rings is 1. The lowest BCUT2D eigenvalue weighted by molar-refractivity contribution is -0.147. The van der Waals surface area contributed by atoms with Crippen LogP contribution in [0.5, 0.6) is 5.75 Å². The second-order valence-corrected chi connectivity index (χ2v) is 8.34. The highest BCUT2D eigenvalue weighted by Crippen LogP contribution is 2.38. The smallest absolute Gasteiger partial charge is 0.289 e. The summed E-state index contributed by atoms with van der Waals surface area (Å²) >= 11 is 0. The fraction of sp³-hybridized carbons (Fsp3) is 0.478. The van der Waals surface area contributed by atoms with Crippen molar-refractivity contribution < 1.29 is 23.8 Å². The third kappa shape index (κ3) is 3.81. The molecule has 7 heteroatoms. The molecule has 0 unspecified atom stereocenters. The average Bonchev–Trinajstić information content (AvgIpc) is 3.11. The van der Waals surface area contributed by atoms with Crippen molar-refractivity contribution in [1.82, 2.24) is 10.2 Å². The van der Waals surface area contributed by atoms with E-state index in [1.165, 1.54) is 0 Å². The number of aliphatic hydroxyl groups excluding tert-OH is 1. The van der Waals surface area contributed by atoms with Crippen LogP contribution >= 0.6 is 0 Å². The van der Waals surface area contributed by atoms with Gasteiger partial charge in [0.05, 0.1) is 11.5 Å². The molecule has 2 saturated heterocycles. The van der Waals surface area contributed by atoms with E-state index in [0.717, 1.165) is 23.3 Å². The number of nitrogens with zero attached hydrogens (tertiary/aromatic N) is 1. The first kappa shape index (κ1) is 20.5. The van der Waals surface area contributed by atoms with Crippen LogP contribution in [0.2, 0.25) is 0 Å². The van der Waals surface area contributed by atoms with Gasteiger partial charge in [0.1, 0.15) is 18.1 Å². The van der Waals surface area contributed by atoms with E-state index >= 15 is 0 Å². The summed E-state index contributed by atoms with van der Waals surface area (Å²) < 4.78 is 11.5. The molecule has 0 radical (unpaired) electrons. The van der Waals surface area contributed by atoms with Crippen molar-refractivity contribution in [1.29, 1.82) is 0 Å². The maximum absolute atomic E-state index is 13.1. The van der Waals surface area contributed by atoms with E-state index in [-0.39, 0.29) is 24.1 Å². The van der Waals surface area contributed by atoms with Crippen LogP contribution in [0, 0.1) is 19.3 Å². The molecule has 2 N–H and O–H groups in total. The van der Waals surface area contributed by atoms with Crippen LogP contribution in [0.4, 0.5) is 0 Å². The van der Waals surface area contributed by atoms with Crippen molar-refractivity contribution in [2.45, 2.75) is 45.8 Å². The Morgan fingerprint density at radius 2 is 2.10 bits per heavy atom. The minimum Gasteiger partial charge on any atom is -0.489 e. The fourth-order valence-corrected chi connectivity index (χ4v) is 4.34. The average molecular weight is 412 g/mol. The zero-order valence-electron chi connectivity index (χ0n) is 17.4. The molecule has 2 aromatic rings. The minimum absolute atomic E-state index is 0.165. The number of furan rings is 1. The number of amides is 2. The van der Waals surface area contributed by atoms with Crippen LogP contribution in [0.25, 0.3) is 0 Å². The summed E-state index contributed by atoms with van der Waals surface area (Å²) in [6.45, 7) is 5.33. The molecule has 7 nitrogen and oxygen atoms in total. The van der Waals surface area contributed by atoms with Gasteiger partial charge >= 0.3 is 0 Å². The Kier molecular flexibility index (Phi) is 5.56. The number of carbonyl (C=O) groups is 2. The highest BCUT2D eigenvalue weighted by molar-refractivity contribution is 5.93. The SMILES string of the molecule is Cc1ccc(OCc2cc(C(=O)N3CC[C@H](O)[C@@]4(CCCNC4=O)C3)oc2C)cc1. The van der Waals surface area contributed by atoms with Gasteiger partial charge in [0.2, 0.25) is 5.91 Å². The first-order valence-corrected chi connectivity index (χ1v) is 10.4. The summed E-state index contributed by atoms with van der Waals surface area (Å²) in [5.74, 6) is 1.20. The standard InChI is InChI=1S/C23H28N2O5/c1-15-4-6-18(7-5-15)29-13-17-12-19(30-16(17)2)21(27)25-11-8-20(26)23(14-25)9-3-10-24-22(23)28/h4-7,12,20,26H,3,8-11,13-14H2,1-2H3,(H,24,28)/t20-,23+/m0/s1. The van der Waals surface area contributed by atoms with Crippen molar-refractivity contribution in [2.24, 2.45) is 5.41 Å². The third-order valence-corrected chi connectivity index (χ3v) is 6.25. The monoisotopic (exact) mass is 412 g/mol. The molecule has 0 bridgehead atoms. The summed E-state index contributed by atoms with van der Waals surface area (Å²) in [6, 6.07) is 9.49. The van der Waals surface area contributed by atoms with Gasteiger partial charge in [-0.05, 0) is 51.3 Å². The number of hydrogen-bond acceptors (Lipinski definition) is 5. The normalized spacial score (nSPS) is 24.0. The topological polar surface area (TPSA) is 92.0 Å². The van der Waals surface area contributed by atoms with E-state index in [2.05, 4.69) is 5.32 Å².